The number of rotatable bonds is 10. The fraction of sp³-hybridized carbons (Fsp3) is 0.731. The molecule has 0 aliphatic carbocycles. The lowest BCUT2D eigenvalue weighted by Crippen LogP contribution is -2.47. The van der Waals surface area contributed by atoms with Crippen LogP contribution >= 0.6 is 24.0 Å². The minimum absolute atomic E-state index is 0. The van der Waals surface area contributed by atoms with Gasteiger partial charge in [0.05, 0.1) is 12.6 Å². The first-order valence-electron chi connectivity index (χ1n) is 12.7. The van der Waals surface area contributed by atoms with Gasteiger partial charge in [-0.2, -0.15) is 0 Å². The molecule has 1 aromatic carbocycles. The summed E-state index contributed by atoms with van der Waals surface area (Å²) in [6, 6.07) is 9.01. The number of nitrogens with one attached hydrogen (secondary N) is 1. The molecule has 0 bridgehead atoms. The lowest BCUT2D eigenvalue weighted by atomic mass is 10.1. The van der Waals surface area contributed by atoms with Gasteiger partial charge in [0.1, 0.15) is 0 Å². The zero-order valence-corrected chi connectivity index (χ0v) is 23.1. The maximum absolute atomic E-state index is 6.01. The van der Waals surface area contributed by atoms with Gasteiger partial charge in [-0.15, -0.1) is 24.0 Å². The number of halogens is 1. The molecule has 0 aromatic heterocycles. The van der Waals surface area contributed by atoms with E-state index >= 15 is 0 Å². The van der Waals surface area contributed by atoms with E-state index in [1.165, 1.54) is 49.9 Å². The Morgan fingerprint density at radius 2 is 1.76 bits per heavy atom. The Bertz CT molecular complexity index is 672. The van der Waals surface area contributed by atoms with Crippen molar-refractivity contribution < 1.29 is 9.47 Å². The van der Waals surface area contributed by atoms with Crippen LogP contribution in [0.5, 0.6) is 0 Å². The minimum Gasteiger partial charge on any atom is -0.385 e. The number of hydrogen-bond acceptors (Lipinski definition) is 4. The fourth-order valence-electron chi connectivity index (χ4n) is 4.66. The number of guanidine groups is 1. The minimum atomic E-state index is 0. The second-order valence-electron chi connectivity index (χ2n) is 9.08. The van der Waals surface area contributed by atoms with Gasteiger partial charge < -0.3 is 19.7 Å². The van der Waals surface area contributed by atoms with E-state index in [0.29, 0.717) is 6.10 Å². The van der Waals surface area contributed by atoms with Crippen LogP contribution in [0.15, 0.2) is 29.3 Å². The second kappa shape index (κ2) is 16.7. The van der Waals surface area contributed by atoms with Crippen molar-refractivity contribution in [2.75, 3.05) is 53.0 Å². The van der Waals surface area contributed by atoms with Gasteiger partial charge in [-0.05, 0) is 63.2 Å². The third kappa shape index (κ3) is 10.5. The van der Waals surface area contributed by atoms with Crippen molar-refractivity contribution in [2.45, 2.75) is 71.1 Å². The molecule has 2 heterocycles. The van der Waals surface area contributed by atoms with Gasteiger partial charge in [0.25, 0.3) is 0 Å². The Morgan fingerprint density at radius 3 is 2.45 bits per heavy atom. The third-order valence-electron chi connectivity index (χ3n) is 6.43. The van der Waals surface area contributed by atoms with Crippen molar-refractivity contribution in [2.24, 2.45) is 4.99 Å². The maximum Gasteiger partial charge on any atom is 0.194 e. The molecule has 2 aliphatic rings. The number of aliphatic imine (C=N–C) groups is 1. The summed E-state index contributed by atoms with van der Waals surface area (Å²) >= 11 is 0. The SMILES string of the molecule is CCNC(=NCc1cccc(CN2CCCCCC2)c1)N1CCC(OCCCOC)CC1.I. The first kappa shape index (κ1) is 28.3. The number of hydrogen-bond donors (Lipinski definition) is 1. The van der Waals surface area contributed by atoms with Crippen LogP contribution in [-0.2, 0) is 22.6 Å². The molecule has 3 rings (SSSR count). The summed E-state index contributed by atoms with van der Waals surface area (Å²) in [5.41, 5.74) is 2.71. The molecule has 1 N–H and O–H groups in total. The maximum atomic E-state index is 6.01. The topological polar surface area (TPSA) is 49.3 Å². The fourth-order valence-corrected chi connectivity index (χ4v) is 4.66. The number of likely N-dealkylation sites (tertiary alicyclic amines) is 2. The van der Waals surface area contributed by atoms with E-state index in [1.54, 1.807) is 7.11 Å². The first-order valence-corrected chi connectivity index (χ1v) is 12.7. The summed E-state index contributed by atoms with van der Waals surface area (Å²) in [7, 11) is 1.74. The van der Waals surface area contributed by atoms with Crippen molar-refractivity contribution in [1.29, 1.82) is 0 Å². The predicted molar refractivity (Wildman–Crippen MR) is 147 cm³/mol. The standard InChI is InChI=1S/C26H44N4O2.HI/c1-3-27-26(30-16-12-25(13-17-30)32-19-9-18-31-2)28-21-23-10-8-11-24(20-23)22-29-14-6-4-5-7-15-29;/h8,10-11,20,25H,3-7,9,12-19,21-22H2,1-2H3,(H,27,28);1H. The Balaban J connectivity index is 0.00000385. The lowest BCUT2D eigenvalue weighted by molar-refractivity contribution is 0.00990. The summed E-state index contributed by atoms with van der Waals surface area (Å²) in [4.78, 5) is 9.98. The normalized spacial score (nSPS) is 18.6. The highest BCUT2D eigenvalue weighted by Crippen LogP contribution is 2.16. The highest BCUT2D eigenvalue weighted by Gasteiger charge is 2.21. The van der Waals surface area contributed by atoms with Crippen molar-refractivity contribution in [3.8, 4) is 0 Å². The van der Waals surface area contributed by atoms with Crippen LogP contribution in [0.4, 0.5) is 0 Å². The van der Waals surface area contributed by atoms with E-state index in [2.05, 4.69) is 46.3 Å². The highest BCUT2D eigenvalue weighted by molar-refractivity contribution is 14.0. The predicted octanol–water partition coefficient (Wildman–Crippen LogP) is 4.66. The van der Waals surface area contributed by atoms with Gasteiger partial charge >= 0.3 is 0 Å². The van der Waals surface area contributed by atoms with Crippen LogP contribution in [0.2, 0.25) is 0 Å². The molecule has 0 spiro atoms. The van der Waals surface area contributed by atoms with Gasteiger partial charge in [0.2, 0.25) is 0 Å². The van der Waals surface area contributed by atoms with E-state index in [4.69, 9.17) is 14.5 Å². The zero-order chi connectivity index (χ0) is 22.4. The van der Waals surface area contributed by atoms with Gasteiger partial charge in [-0.25, -0.2) is 4.99 Å². The smallest absolute Gasteiger partial charge is 0.194 e. The third-order valence-corrected chi connectivity index (χ3v) is 6.43. The number of benzene rings is 1. The summed E-state index contributed by atoms with van der Waals surface area (Å²) in [5, 5.41) is 3.49. The van der Waals surface area contributed by atoms with E-state index in [9.17, 15) is 0 Å². The van der Waals surface area contributed by atoms with E-state index in [1.807, 2.05) is 0 Å². The average Bonchev–Trinajstić information content (AvgIpc) is 3.09. The van der Waals surface area contributed by atoms with Gasteiger partial charge in [-0.1, -0.05) is 37.1 Å². The Kier molecular flexibility index (Phi) is 14.3. The molecule has 188 valence electrons. The van der Waals surface area contributed by atoms with Gasteiger partial charge in [0, 0.05) is 46.5 Å². The van der Waals surface area contributed by atoms with Crippen LogP contribution in [0.25, 0.3) is 0 Å². The molecule has 0 amide bonds. The number of nitrogens with zero attached hydrogens (tertiary/aromatic N) is 3. The molecule has 0 saturated carbocycles. The summed E-state index contributed by atoms with van der Waals surface area (Å²) in [6.45, 7) is 10.8. The second-order valence-corrected chi connectivity index (χ2v) is 9.08. The van der Waals surface area contributed by atoms with E-state index in [0.717, 1.165) is 71.2 Å². The number of piperidine rings is 1. The number of ether oxygens (including phenoxy) is 2. The molecule has 0 unspecified atom stereocenters. The summed E-state index contributed by atoms with van der Waals surface area (Å²) in [6.07, 6.45) is 8.89. The van der Waals surface area contributed by atoms with E-state index < -0.39 is 0 Å². The summed E-state index contributed by atoms with van der Waals surface area (Å²) < 4.78 is 11.1. The Labute approximate surface area is 218 Å². The Hall–Kier alpha value is -0.900. The van der Waals surface area contributed by atoms with Crippen LogP contribution in [-0.4, -0.2) is 74.9 Å². The molecular formula is C26H45IN4O2. The van der Waals surface area contributed by atoms with Crippen molar-refractivity contribution in [3.63, 3.8) is 0 Å². The zero-order valence-electron chi connectivity index (χ0n) is 20.8. The van der Waals surface area contributed by atoms with E-state index in [-0.39, 0.29) is 24.0 Å². The highest BCUT2D eigenvalue weighted by atomic mass is 127. The number of methoxy groups -OCH3 is 1. The Morgan fingerprint density at radius 1 is 1.03 bits per heavy atom. The van der Waals surface area contributed by atoms with Crippen LogP contribution in [0, 0.1) is 0 Å². The van der Waals surface area contributed by atoms with Gasteiger partial charge in [-0.3, -0.25) is 4.90 Å². The molecular weight excluding hydrogens is 527 g/mol. The largest absolute Gasteiger partial charge is 0.385 e. The van der Waals surface area contributed by atoms with Crippen LogP contribution in [0.3, 0.4) is 0 Å². The molecule has 0 radical (unpaired) electrons. The molecule has 0 atom stereocenters. The lowest BCUT2D eigenvalue weighted by Gasteiger charge is -2.34. The van der Waals surface area contributed by atoms with Crippen molar-refractivity contribution in [3.05, 3.63) is 35.4 Å². The average molecular weight is 573 g/mol. The van der Waals surface area contributed by atoms with Crippen molar-refractivity contribution in [1.82, 2.24) is 15.1 Å². The molecule has 2 fully saturated rings. The van der Waals surface area contributed by atoms with Crippen LogP contribution in [0.1, 0.15) is 63.0 Å². The van der Waals surface area contributed by atoms with Crippen molar-refractivity contribution >= 4 is 29.9 Å². The molecule has 33 heavy (non-hydrogen) atoms. The first-order chi connectivity index (χ1) is 15.8. The molecule has 6 nitrogen and oxygen atoms in total. The monoisotopic (exact) mass is 572 g/mol. The summed E-state index contributed by atoms with van der Waals surface area (Å²) in [5.74, 6) is 1.03. The molecule has 2 saturated heterocycles. The van der Waals surface area contributed by atoms with Gasteiger partial charge in [0.15, 0.2) is 5.96 Å². The van der Waals surface area contributed by atoms with Crippen LogP contribution < -0.4 is 5.32 Å². The quantitative estimate of drug-likeness (QED) is 0.191. The molecule has 2 aliphatic heterocycles. The molecule has 1 aromatic rings. The molecule has 7 heteroatoms.